The average molecular weight is 411 g/mol. The Morgan fingerprint density at radius 3 is 2.53 bits per heavy atom. The topological polar surface area (TPSA) is 80.6 Å². The first-order valence-electron chi connectivity index (χ1n) is 9.77. The number of anilines is 1. The number of halogens is 1. The Morgan fingerprint density at radius 1 is 1.17 bits per heavy atom. The smallest absolute Gasteiger partial charge is 0.275 e. The highest BCUT2D eigenvalue weighted by molar-refractivity contribution is 6.04. The summed E-state index contributed by atoms with van der Waals surface area (Å²) in [4.78, 5) is 33.2. The van der Waals surface area contributed by atoms with E-state index >= 15 is 0 Å². The van der Waals surface area contributed by atoms with E-state index in [-0.39, 0.29) is 17.2 Å². The van der Waals surface area contributed by atoms with Gasteiger partial charge in [0.2, 0.25) is 5.88 Å². The molecule has 0 bridgehead atoms. The van der Waals surface area contributed by atoms with Crippen LogP contribution in [0, 0.1) is 5.82 Å². The van der Waals surface area contributed by atoms with Crippen LogP contribution in [0.3, 0.4) is 0 Å². The van der Waals surface area contributed by atoms with Gasteiger partial charge in [0.15, 0.2) is 11.5 Å². The second-order valence-electron chi connectivity index (χ2n) is 6.97. The zero-order valence-electron chi connectivity index (χ0n) is 16.8. The number of hydrogen-bond donors (Lipinski definition) is 0. The Hall–Kier alpha value is -3.49. The summed E-state index contributed by atoms with van der Waals surface area (Å²) < 4.78 is 20.6. The van der Waals surface area contributed by atoms with Gasteiger partial charge in [-0.15, -0.1) is 0 Å². The Balaban J connectivity index is 1.59. The number of hydrogen-bond acceptors (Lipinski definition) is 6. The first kappa shape index (κ1) is 19.8. The van der Waals surface area contributed by atoms with Crippen molar-refractivity contribution < 1.29 is 13.9 Å². The lowest BCUT2D eigenvalue weighted by molar-refractivity contribution is 0.0740. The maximum Gasteiger partial charge on any atom is 0.275 e. The van der Waals surface area contributed by atoms with Crippen molar-refractivity contribution in [1.82, 2.24) is 19.7 Å². The number of fused-ring (bicyclic) bond motifs is 1. The number of piperazine rings is 1. The fraction of sp³-hybridized carbons (Fsp3) is 0.333. The molecular formula is C21H22FN5O3. The zero-order valence-corrected chi connectivity index (χ0v) is 16.8. The molecular weight excluding hydrogens is 389 g/mol. The molecule has 4 rings (SSSR count). The molecule has 156 valence electrons. The number of aryl methyl sites for hydroxylation is 1. The molecule has 30 heavy (non-hydrogen) atoms. The van der Waals surface area contributed by atoms with Gasteiger partial charge in [-0.05, 0) is 13.0 Å². The molecule has 1 aliphatic rings. The molecule has 3 heterocycles. The second kappa shape index (κ2) is 8.10. The summed E-state index contributed by atoms with van der Waals surface area (Å²) in [7, 11) is 1.48. The molecule has 0 saturated carbocycles. The number of aromatic nitrogens is 3. The molecule has 3 aromatic rings. The third-order valence-electron chi connectivity index (χ3n) is 5.30. The summed E-state index contributed by atoms with van der Waals surface area (Å²) in [6, 6.07) is 8.56. The lowest BCUT2D eigenvalue weighted by Gasteiger charge is -2.36. The molecule has 0 spiro atoms. The van der Waals surface area contributed by atoms with Crippen molar-refractivity contribution >= 4 is 22.4 Å². The summed E-state index contributed by atoms with van der Waals surface area (Å²) in [6.45, 7) is 3.92. The van der Waals surface area contributed by atoms with Gasteiger partial charge in [-0.3, -0.25) is 9.59 Å². The minimum atomic E-state index is -0.432. The monoisotopic (exact) mass is 411 g/mol. The van der Waals surface area contributed by atoms with Gasteiger partial charge in [0.1, 0.15) is 0 Å². The van der Waals surface area contributed by atoms with Gasteiger partial charge in [-0.1, -0.05) is 18.2 Å². The fourth-order valence-electron chi connectivity index (χ4n) is 3.67. The Kier molecular flexibility index (Phi) is 5.35. The molecule has 1 amide bonds. The molecule has 1 aromatic carbocycles. The van der Waals surface area contributed by atoms with Crippen molar-refractivity contribution in [2.45, 2.75) is 13.5 Å². The SMILES string of the molecule is CCn1nc(C(=O)N2CCN(c3cc(OC)ncc3F)CC2)c2ccccc2c1=O. The van der Waals surface area contributed by atoms with Crippen LogP contribution in [-0.2, 0) is 6.54 Å². The number of pyridine rings is 1. The first-order valence-corrected chi connectivity index (χ1v) is 9.77. The van der Waals surface area contributed by atoms with Crippen molar-refractivity contribution in [2.75, 3.05) is 38.2 Å². The number of carbonyl (C=O) groups excluding carboxylic acids is 1. The summed E-state index contributed by atoms with van der Waals surface area (Å²) >= 11 is 0. The van der Waals surface area contributed by atoms with E-state index in [1.165, 1.54) is 11.8 Å². The van der Waals surface area contributed by atoms with Gasteiger partial charge in [0, 0.05) is 44.2 Å². The maximum atomic E-state index is 14.2. The van der Waals surface area contributed by atoms with Crippen LogP contribution in [0.25, 0.3) is 10.8 Å². The Labute approximate surface area is 172 Å². The summed E-state index contributed by atoms with van der Waals surface area (Å²) in [6.07, 6.45) is 1.13. The van der Waals surface area contributed by atoms with Crippen LogP contribution < -0.4 is 15.2 Å². The number of nitrogens with zero attached hydrogens (tertiary/aromatic N) is 5. The van der Waals surface area contributed by atoms with Crippen LogP contribution in [0.1, 0.15) is 17.4 Å². The van der Waals surface area contributed by atoms with E-state index in [1.54, 1.807) is 35.2 Å². The molecule has 2 aromatic heterocycles. The van der Waals surface area contributed by atoms with E-state index in [1.807, 2.05) is 11.8 Å². The number of methoxy groups -OCH3 is 1. The molecule has 0 unspecified atom stereocenters. The molecule has 8 nitrogen and oxygen atoms in total. The molecule has 0 N–H and O–H groups in total. The van der Waals surface area contributed by atoms with Crippen LogP contribution in [0.5, 0.6) is 5.88 Å². The minimum absolute atomic E-state index is 0.212. The van der Waals surface area contributed by atoms with Gasteiger partial charge in [-0.25, -0.2) is 14.1 Å². The van der Waals surface area contributed by atoms with Crippen LogP contribution >= 0.6 is 0 Å². The highest BCUT2D eigenvalue weighted by Crippen LogP contribution is 2.24. The van der Waals surface area contributed by atoms with Crippen molar-refractivity contribution in [1.29, 1.82) is 0 Å². The molecule has 1 aliphatic heterocycles. The third-order valence-corrected chi connectivity index (χ3v) is 5.30. The molecule has 9 heteroatoms. The highest BCUT2D eigenvalue weighted by atomic mass is 19.1. The average Bonchev–Trinajstić information content (AvgIpc) is 2.79. The van der Waals surface area contributed by atoms with E-state index in [9.17, 15) is 14.0 Å². The highest BCUT2D eigenvalue weighted by Gasteiger charge is 2.27. The van der Waals surface area contributed by atoms with Crippen molar-refractivity contribution in [3.05, 3.63) is 58.4 Å². The lowest BCUT2D eigenvalue weighted by atomic mass is 10.1. The van der Waals surface area contributed by atoms with Gasteiger partial charge >= 0.3 is 0 Å². The van der Waals surface area contributed by atoms with Crippen LogP contribution in [0.2, 0.25) is 0 Å². The largest absolute Gasteiger partial charge is 0.481 e. The molecule has 1 saturated heterocycles. The molecule has 0 radical (unpaired) electrons. The normalized spacial score (nSPS) is 14.2. The van der Waals surface area contributed by atoms with Crippen molar-refractivity contribution in [2.24, 2.45) is 0 Å². The molecule has 0 atom stereocenters. The van der Waals surface area contributed by atoms with E-state index in [0.717, 1.165) is 6.20 Å². The Bertz CT molecular complexity index is 1160. The van der Waals surface area contributed by atoms with Crippen LogP contribution in [0.4, 0.5) is 10.1 Å². The number of rotatable bonds is 4. The van der Waals surface area contributed by atoms with Gasteiger partial charge in [-0.2, -0.15) is 5.10 Å². The zero-order chi connectivity index (χ0) is 21.3. The van der Waals surface area contributed by atoms with E-state index in [2.05, 4.69) is 10.1 Å². The first-order chi connectivity index (χ1) is 14.5. The predicted octanol–water partition coefficient (Wildman–Crippen LogP) is 1.92. The second-order valence-corrected chi connectivity index (χ2v) is 6.97. The number of benzene rings is 1. The van der Waals surface area contributed by atoms with Crippen molar-refractivity contribution in [3.63, 3.8) is 0 Å². The maximum absolute atomic E-state index is 14.2. The van der Waals surface area contributed by atoms with E-state index < -0.39 is 5.82 Å². The summed E-state index contributed by atoms with van der Waals surface area (Å²) in [5.74, 6) is -0.332. The Morgan fingerprint density at radius 2 is 1.87 bits per heavy atom. The van der Waals surface area contributed by atoms with Crippen LogP contribution in [-0.4, -0.2) is 58.9 Å². The van der Waals surface area contributed by atoms with E-state index in [0.29, 0.717) is 55.1 Å². The number of ether oxygens (including phenoxy) is 1. The lowest BCUT2D eigenvalue weighted by Crippen LogP contribution is -2.49. The summed E-state index contributed by atoms with van der Waals surface area (Å²) in [5, 5.41) is 5.34. The van der Waals surface area contributed by atoms with Gasteiger partial charge in [0.05, 0.1) is 24.4 Å². The van der Waals surface area contributed by atoms with E-state index in [4.69, 9.17) is 4.74 Å². The third kappa shape index (κ3) is 3.47. The predicted molar refractivity (Wildman–Crippen MR) is 111 cm³/mol. The van der Waals surface area contributed by atoms with Crippen LogP contribution in [0.15, 0.2) is 41.3 Å². The molecule has 0 aliphatic carbocycles. The molecule has 1 fully saturated rings. The standard InChI is InChI=1S/C21H22FN5O3/c1-3-27-20(28)15-7-5-4-6-14(15)19(24-27)21(29)26-10-8-25(9-11-26)17-12-18(30-2)23-13-16(17)22/h4-7,12-13H,3,8-11H2,1-2H3. The summed E-state index contributed by atoms with van der Waals surface area (Å²) in [5.41, 5.74) is 0.450. The number of carbonyl (C=O) groups is 1. The van der Waals surface area contributed by atoms with Gasteiger partial charge in [0.25, 0.3) is 11.5 Å². The quantitative estimate of drug-likeness (QED) is 0.653. The number of amides is 1. The minimum Gasteiger partial charge on any atom is -0.481 e. The van der Waals surface area contributed by atoms with Crippen molar-refractivity contribution in [3.8, 4) is 5.88 Å². The fourth-order valence-corrected chi connectivity index (χ4v) is 3.67. The van der Waals surface area contributed by atoms with Gasteiger partial charge < -0.3 is 14.5 Å².